The Balaban J connectivity index is 1.80. The molecule has 5 rings (SSSR count). The fourth-order valence-corrected chi connectivity index (χ4v) is 7.59. The first-order chi connectivity index (χ1) is 13.7. The van der Waals surface area contributed by atoms with E-state index in [9.17, 15) is 4.79 Å². The molecule has 1 nitrogen and oxygen atoms in total. The highest BCUT2D eigenvalue weighted by atomic mass is 35.5. The lowest BCUT2D eigenvalue weighted by molar-refractivity contribution is 0.103. The van der Waals surface area contributed by atoms with Crippen molar-refractivity contribution in [3.8, 4) is 0 Å². The number of fused-ring (bicyclic) bond motifs is 2. The molecule has 3 aromatic rings. The molecule has 2 aliphatic rings. The van der Waals surface area contributed by atoms with E-state index in [0.29, 0.717) is 10.6 Å². The van der Waals surface area contributed by atoms with Gasteiger partial charge in [0, 0.05) is 27.7 Å². The van der Waals surface area contributed by atoms with E-state index in [-0.39, 0.29) is 9.86 Å². The zero-order chi connectivity index (χ0) is 19.1. The maximum Gasteiger partial charge on any atom is 0.192 e. The van der Waals surface area contributed by atoms with Crippen LogP contribution in [0.3, 0.4) is 0 Å². The first-order valence-electron chi connectivity index (χ1n) is 9.19. The molecule has 4 heteroatoms. The molecule has 0 aromatic heterocycles. The van der Waals surface area contributed by atoms with Gasteiger partial charge < -0.3 is 0 Å². The summed E-state index contributed by atoms with van der Waals surface area (Å²) in [6, 6.07) is 26.0. The molecule has 0 saturated carbocycles. The molecule has 0 amide bonds. The summed E-state index contributed by atoms with van der Waals surface area (Å²) in [5, 5.41) is 0.642. The Bertz CT molecular complexity index is 1080. The molecule has 3 aromatic carbocycles. The van der Waals surface area contributed by atoms with E-state index in [1.807, 2.05) is 53.9 Å². The summed E-state index contributed by atoms with van der Waals surface area (Å²) in [5.41, 5.74) is 6.17. The molecule has 1 fully saturated rings. The standard InChI is InChI=1S/C24H17ClOS2/c25-18-12-10-17(11-13-18)23(26)22-21(16-6-2-1-3-7-16)19-8-4-5-9-20(19)24(22)27-14-15-28-24/h1-13H,14-15H2. The van der Waals surface area contributed by atoms with Crippen LogP contribution in [0.1, 0.15) is 27.0 Å². The van der Waals surface area contributed by atoms with Gasteiger partial charge in [-0.25, -0.2) is 0 Å². The second kappa shape index (κ2) is 7.14. The molecule has 1 aliphatic carbocycles. The van der Waals surface area contributed by atoms with E-state index >= 15 is 0 Å². The predicted molar refractivity (Wildman–Crippen MR) is 121 cm³/mol. The van der Waals surface area contributed by atoms with Crippen LogP contribution < -0.4 is 0 Å². The van der Waals surface area contributed by atoms with Crippen molar-refractivity contribution >= 4 is 46.5 Å². The van der Waals surface area contributed by atoms with Gasteiger partial charge in [-0.1, -0.05) is 66.2 Å². The Hall–Kier alpha value is -1.94. The molecule has 1 spiro atoms. The minimum atomic E-state index is -0.335. The molecule has 0 atom stereocenters. The normalized spacial score (nSPS) is 17.2. The molecule has 0 unspecified atom stereocenters. The molecular formula is C24H17ClOS2. The van der Waals surface area contributed by atoms with Crippen LogP contribution in [0.25, 0.3) is 5.57 Å². The molecule has 1 aliphatic heterocycles. The Kier molecular flexibility index (Phi) is 4.62. The van der Waals surface area contributed by atoms with Gasteiger partial charge in [0.2, 0.25) is 0 Å². The summed E-state index contributed by atoms with van der Waals surface area (Å²) >= 11 is 9.83. The number of carbonyl (C=O) groups excluding carboxylic acids is 1. The number of benzene rings is 3. The molecule has 0 N–H and O–H groups in total. The number of halogens is 1. The summed E-state index contributed by atoms with van der Waals surface area (Å²) in [4.78, 5) is 13.8. The smallest absolute Gasteiger partial charge is 0.192 e. The molecular weight excluding hydrogens is 404 g/mol. The van der Waals surface area contributed by atoms with Crippen molar-refractivity contribution in [2.45, 2.75) is 4.08 Å². The van der Waals surface area contributed by atoms with Crippen LogP contribution in [0, 0.1) is 0 Å². The lowest BCUT2D eigenvalue weighted by atomic mass is 9.94. The van der Waals surface area contributed by atoms with Gasteiger partial charge in [-0.3, -0.25) is 4.79 Å². The van der Waals surface area contributed by atoms with Crippen molar-refractivity contribution < 1.29 is 4.79 Å². The number of hydrogen-bond donors (Lipinski definition) is 0. The highest BCUT2D eigenvalue weighted by Gasteiger charge is 2.51. The summed E-state index contributed by atoms with van der Waals surface area (Å²) in [6.45, 7) is 0. The monoisotopic (exact) mass is 420 g/mol. The van der Waals surface area contributed by atoms with E-state index in [2.05, 4.69) is 36.4 Å². The van der Waals surface area contributed by atoms with E-state index in [1.165, 1.54) is 11.1 Å². The average Bonchev–Trinajstić information content (AvgIpc) is 3.33. The van der Waals surface area contributed by atoms with E-state index in [4.69, 9.17) is 11.6 Å². The Labute approximate surface area is 178 Å². The van der Waals surface area contributed by atoms with Crippen LogP contribution in [-0.2, 0) is 4.08 Å². The number of ketones is 1. The molecule has 1 saturated heterocycles. The average molecular weight is 421 g/mol. The van der Waals surface area contributed by atoms with Gasteiger partial charge in [0.15, 0.2) is 5.78 Å². The zero-order valence-electron chi connectivity index (χ0n) is 15.0. The molecule has 138 valence electrons. The lowest BCUT2D eigenvalue weighted by Gasteiger charge is -2.26. The van der Waals surface area contributed by atoms with Crippen LogP contribution in [0.15, 0.2) is 84.4 Å². The highest BCUT2D eigenvalue weighted by Crippen LogP contribution is 2.64. The first-order valence-corrected chi connectivity index (χ1v) is 11.5. The van der Waals surface area contributed by atoms with Crippen molar-refractivity contribution in [1.29, 1.82) is 0 Å². The van der Waals surface area contributed by atoms with Crippen molar-refractivity contribution in [3.05, 3.63) is 112 Å². The van der Waals surface area contributed by atoms with Crippen molar-refractivity contribution in [2.24, 2.45) is 0 Å². The van der Waals surface area contributed by atoms with Gasteiger partial charge in [-0.2, -0.15) is 0 Å². The van der Waals surface area contributed by atoms with Crippen molar-refractivity contribution in [2.75, 3.05) is 11.5 Å². The minimum absolute atomic E-state index is 0.0913. The van der Waals surface area contributed by atoms with Crippen LogP contribution in [-0.4, -0.2) is 17.3 Å². The van der Waals surface area contributed by atoms with Gasteiger partial charge in [-0.05, 0) is 46.5 Å². The van der Waals surface area contributed by atoms with E-state index in [1.54, 1.807) is 12.1 Å². The van der Waals surface area contributed by atoms with Crippen molar-refractivity contribution in [1.82, 2.24) is 0 Å². The summed E-state index contributed by atoms with van der Waals surface area (Å²) in [7, 11) is 0. The fraction of sp³-hybridized carbons (Fsp3) is 0.125. The maximum atomic E-state index is 13.8. The van der Waals surface area contributed by atoms with E-state index < -0.39 is 0 Å². The van der Waals surface area contributed by atoms with Gasteiger partial charge >= 0.3 is 0 Å². The third-order valence-corrected chi connectivity index (χ3v) is 8.92. The molecule has 0 bridgehead atoms. The SMILES string of the molecule is O=C(C1=C(c2ccccc2)c2ccccc2C12SCCS2)c1ccc(Cl)cc1. The lowest BCUT2D eigenvalue weighted by Crippen LogP contribution is -2.21. The van der Waals surface area contributed by atoms with Gasteiger partial charge in [-0.15, -0.1) is 23.5 Å². The predicted octanol–water partition coefficient (Wildman–Crippen LogP) is 6.67. The number of rotatable bonds is 3. The second-order valence-electron chi connectivity index (χ2n) is 6.81. The quantitative estimate of drug-likeness (QED) is 0.440. The van der Waals surface area contributed by atoms with Gasteiger partial charge in [0.05, 0.1) is 0 Å². The Morgan fingerprint density at radius 1 is 0.821 bits per heavy atom. The maximum absolute atomic E-state index is 13.8. The Morgan fingerprint density at radius 2 is 1.46 bits per heavy atom. The third kappa shape index (κ3) is 2.76. The first kappa shape index (κ1) is 18.1. The molecule has 28 heavy (non-hydrogen) atoms. The van der Waals surface area contributed by atoms with Crippen LogP contribution >= 0.6 is 35.1 Å². The molecule has 0 radical (unpaired) electrons. The van der Waals surface area contributed by atoms with Crippen molar-refractivity contribution in [3.63, 3.8) is 0 Å². The summed E-state index contributed by atoms with van der Waals surface area (Å²) in [5.74, 6) is 2.17. The van der Waals surface area contributed by atoms with Gasteiger partial charge in [0.1, 0.15) is 4.08 Å². The second-order valence-corrected chi connectivity index (χ2v) is 10.1. The van der Waals surface area contributed by atoms with Gasteiger partial charge in [0.25, 0.3) is 0 Å². The minimum Gasteiger partial charge on any atom is -0.289 e. The van der Waals surface area contributed by atoms with Crippen LogP contribution in [0.4, 0.5) is 0 Å². The summed E-state index contributed by atoms with van der Waals surface area (Å²) < 4.78 is -0.335. The number of carbonyl (C=O) groups is 1. The number of hydrogen-bond acceptors (Lipinski definition) is 3. The van der Waals surface area contributed by atoms with Crippen LogP contribution in [0.5, 0.6) is 0 Å². The van der Waals surface area contributed by atoms with Crippen LogP contribution in [0.2, 0.25) is 5.02 Å². The van der Waals surface area contributed by atoms with E-state index in [0.717, 1.165) is 28.2 Å². The number of thioether (sulfide) groups is 2. The fourth-order valence-electron chi connectivity index (χ4n) is 4.05. The summed E-state index contributed by atoms with van der Waals surface area (Å²) in [6.07, 6.45) is 0. The third-order valence-electron chi connectivity index (χ3n) is 5.22. The largest absolute Gasteiger partial charge is 0.289 e. The number of Topliss-reactive ketones (excluding diaryl/α,β-unsaturated/α-hetero) is 1. The molecule has 1 heterocycles. The zero-order valence-corrected chi connectivity index (χ0v) is 17.4. The Morgan fingerprint density at radius 3 is 2.18 bits per heavy atom. The topological polar surface area (TPSA) is 17.1 Å². The highest BCUT2D eigenvalue weighted by molar-refractivity contribution is 8.21.